The van der Waals surface area contributed by atoms with Gasteiger partial charge >= 0.3 is 0 Å². The van der Waals surface area contributed by atoms with Gasteiger partial charge in [-0.3, -0.25) is 0 Å². The summed E-state index contributed by atoms with van der Waals surface area (Å²) in [4.78, 5) is 0. The van der Waals surface area contributed by atoms with Crippen LogP contribution in [-0.2, 0) is 0 Å². The molecule has 0 N–H and O–H groups in total. The van der Waals surface area contributed by atoms with Gasteiger partial charge < -0.3 is 0 Å². The number of hydrogen-bond donors (Lipinski definition) is 0. The summed E-state index contributed by atoms with van der Waals surface area (Å²) in [5.74, 6) is 0. The lowest BCUT2D eigenvalue weighted by Crippen LogP contribution is -2.59. The van der Waals surface area contributed by atoms with Crippen molar-refractivity contribution in [2.45, 2.75) is 6.04 Å². The Balaban J connectivity index is 1.85. The summed E-state index contributed by atoms with van der Waals surface area (Å²) in [6, 6.07) is 21.4. The molecule has 0 saturated carbocycles. The van der Waals surface area contributed by atoms with Crippen LogP contribution in [0.3, 0.4) is 0 Å². The number of nitrogens with zero attached hydrogens (tertiary/aromatic N) is 2. The second-order valence-electron chi connectivity index (χ2n) is 4.94. The molecule has 1 atom stereocenters. The smallest absolute Gasteiger partial charge is 0.130 e. The Kier molecular flexibility index (Phi) is 2.52. The Bertz CT molecular complexity index is 712. The Morgan fingerprint density at radius 2 is 1.50 bits per heavy atom. The van der Waals surface area contributed by atoms with E-state index >= 15 is 0 Å². The Morgan fingerprint density at radius 3 is 2.25 bits per heavy atom. The topological polar surface area (TPSA) is 6.25 Å². The van der Waals surface area contributed by atoms with E-state index in [1.54, 1.807) is 0 Å². The molecule has 2 aromatic rings. The summed E-state index contributed by atoms with van der Waals surface area (Å²) in [7, 11) is 0. The highest BCUT2D eigenvalue weighted by molar-refractivity contribution is 6.04. The van der Waals surface area contributed by atoms with Crippen LogP contribution in [0, 0.1) is 0 Å². The van der Waals surface area contributed by atoms with E-state index in [1.165, 1.54) is 17.1 Å². The predicted molar refractivity (Wildman–Crippen MR) is 82.4 cm³/mol. The second kappa shape index (κ2) is 4.49. The molecule has 20 heavy (non-hydrogen) atoms. The van der Waals surface area contributed by atoms with Crippen molar-refractivity contribution in [1.82, 2.24) is 0 Å². The van der Waals surface area contributed by atoms with Crippen LogP contribution >= 0.6 is 0 Å². The van der Waals surface area contributed by atoms with Gasteiger partial charge in [-0.1, -0.05) is 53.2 Å². The average molecular weight is 259 g/mol. The standard InChI is InChI=1S/C18H15N2/c1-3-9-15(10-4-1)19-17-13-7-8-14-18(17)20(19)16-11-5-2-6-12-16/h1-14,17H/q+1. The van der Waals surface area contributed by atoms with Crippen molar-refractivity contribution >= 4 is 17.1 Å². The third-order valence-corrected chi connectivity index (χ3v) is 3.72. The van der Waals surface area contributed by atoms with Gasteiger partial charge in [-0.25, -0.2) is 0 Å². The SMILES string of the molecule is C1=CC2=[N+](c3ccccc3)N(c3ccccc3)C2C=C1. The minimum absolute atomic E-state index is 0.336. The average Bonchev–Trinajstić information content (AvgIpc) is 2.51. The van der Waals surface area contributed by atoms with E-state index in [4.69, 9.17) is 0 Å². The molecule has 0 saturated heterocycles. The van der Waals surface area contributed by atoms with Crippen LogP contribution in [0.15, 0.2) is 85.0 Å². The number of para-hydroxylation sites is 2. The third-order valence-electron chi connectivity index (χ3n) is 3.72. The Labute approximate surface area is 118 Å². The number of hydrazone groups is 1. The maximum atomic E-state index is 2.32. The molecule has 2 aliphatic rings. The molecule has 1 aliphatic carbocycles. The van der Waals surface area contributed by atoms with Crippen LogP contribution in [0.25, 0.3) is 0 Å². The summed E-state index contributed by atoms with van der Waals surface area (Å²) < 4.78 is 2.28. The summed E-state index contributed by atoms with van der Waals surface area (Å²) in [6.07, 6.45) is 8.65. The molecule has 0 bridgehead atoms. The van der Waals surface area contributed by atoms with E-state index in [2.05, 4.69) is 94.7 Å². The predicted octanol–water partition coefficient (Wildman–Crippen LogP) is 3.70. The van der Waals surface area contributed by atoms with Crippen molar-refractivity contribution in [1.29, 1.82) is 0 Å². The first-order valence-electron chi connectivity index (χ1n) is 6.86. The fraction of sp³-hybridized carbons (Fsp3) is 0.0556. The first-order valence-corrected chi connectivity index (χ1v) is 6.86. The number of rotatable bonds is 2. The van der Waals surface area contributed by atoms with Gasteiger partial charge in [0.25, 0.3) is 0 Å². The number of anilines is 1. The lowest BCUT2D eigenvalue weighted by atomic mass is 10.0. The molecule has 1 heterocycles. The van der Waals surface area contributed by atoms with Crippen molar-refractivity contribution < 1.29 is 4.68 Å². The Hall–Kier alpha value is -2.61. The molecule has 1 aliphatic heterocycles. The summed E-state index contributed by atoms with van der Waals surface area (Å²) in [6.45, 7) is 0. The van der Waals surface area contributed by atoms with Crippen molar-refractivity contribution in [3.8, 4) is 0 Å². The van der Waals surface area contributed by atoms with E-state index in [-0.39, 0.29) is 0 Å². The number of fused-ring (bicyclic) bond motifs is 1. The second-order valence-corrected chi connectivity index (χ2v) is 4.94. The van der Waals surface area contributed by atoms with Gasteiger partial charge in [0.15, 0.2) is 6.04 Å². The highest BCUT2D eigenvalue weighted by Crippen LogP contribution is 2.32. The van der Waals surface area contributed by atoms with Gasteiger partial charge in [-0.05, 0) is 18.2 Å². The van der Waals surface area contributed by atoms with Crippen LogP contribution in [0.5, 0.6) is 0 Å². The highest BCUT2D eigenvalue weighted by Gasteiger charge is 2.47. The highest BCUT2D eigenvalue weighted by atomic mass is 15.6. The fourth-order valence-electron chi connectivity index (χ4n) is 2.82. The summed E-state index contributed by atoms with van der Waals surface area (Å²) >= 11 is 0. The van der Waals surface area contributed by atoms with E-state index < -0.39 is 0 Å². The maximum Gasteiger partial charge on any atom is 0.245 e. The first kappa shape index (κ1) is 11.2. The van der Waals surface area contributed by atoms with E-state index in [1.807, 2.05) is 0 Å². The van der Waals surface area contributed by atoms with Gasteiger partial charge in [-0.2, -0.15) is 0 Å². The molecule has 96 valence electrons. The summed E-state index contributed by atoms with van der Waals surface area (Å²) in [5.41, 5.74) is 3.73. The van der Waals surface area contributed by atoms with Crippen LogP contribution in [0.2, 0.25) is 0 Å². The third kappa shape index (κ3) is 1.62. The minimum Gasteiger partial charge on any atom is -0.130 e. The lowest BCUT2D eigenvalue weighted by Gasteiger charge is -2.35. The normalized spacial score (nSPS) is 19.8. The molecule has 2 heteroatoms. The van der Waals surface area contributed by atoms with E-state index in [9.17, 15) is 0 Å². The fourth-order valence-corrected chi connectivity index (χ4v) is 2.82. The lowest BCUT2D eigenvalue weighted by molar-refractivity contribution is -0.486. The van der Waals surface area contributed by atoms with Gasteiger partial charge in [-0.15, -0.1) is 5.01 Å². The van der Waals surface area contributed by atoms with Gasteiger partial charge in [0.05, 0.1) is 0 Å². The number of hydrogen-bond acceptors (Lipinski definition) is 1. The molecule has 0 aromatic heterocycles. The van der Waals surface area contributed by atoms with Gasteiger partial charge in [0, 0.05) is 18.2 Å². The molecule has 0 fully saturated rings. The van der Waals surface area contributed by atoms with E-state index in [0.29, 0.717) is 6.04 Å². The molecular formula is C18H15N2+. The molecule has 0 radical (unpaired) electrons. The maximum absolute atomic E-state index is 2.32. The summed E-state index contributed by atoms with van der Waals surface area (Å²) in [5, 5.41) is 2.32. The largest absolute Gasteiger partial charge is 0.245 e. The van der Waals surface area contributed by atoms with Crippen molar-refractivity contribution in [3.05, 3.63) is 85.0 Å². The molecular weight excluding hydrogens is 244 g/mol. The van der Waals surface area contributed by atoms with Crippen LogP contribution in [0.4, 0.5) is 11.4 Å². The van der Waals surface area contributed by atoms with Crippen molar-refractivity contribution in [2.24, 2.45) is 0 Å². The minimum atomic E-state index is 0.336. The zero-order chi connectivity index (χ0) is 13.4. The van der Waals surface area contributed by atoms with Crippen molar-refractivity contribution in [3.63, 3.8) is 0 Å². The molecule has 2 aromatic carbocycles. The zero-order valence-corrected chi connectivity index (χ0v) is 11.1. The quantitative estimate of drug-likeness (QED) is 0.745. The Morgan fingerprint density at radius 1 is 0.800 bits per heavy atom. The number of benzene rings is 2. The van der Waals surface area contributed by atoms with Crippen LogP contribution in [-0.4, -0.2) is 16.4 Å². The van der Waals surface area contributed by atoms with Crippen LogP contribution in [0.1, 0.15) is 0 Å². The number of hydrazine groups is 1. The van der Waals surface area contributed by atoms with Crippen molar-refractivity contribution in [2.75, 3.05) is 5.01 Å². The van der Waals surface area contributed by atoms with Gasteiger partial charge in [0.2, 0.25) is 11.4 Å². The number of allylic oxidation sites excluding steroid dienone is 2. The van der Waals surface area contributed by atoms with Gasteiger partial charge in [0.1, 0.15) is 5.69 Å². The molecule has 2 nitrogen and oxygen atoms in total. The molecule has 4 rings (SSSR count). The monoisotopic (exact) mass is 259 g/mol. The molecule has 0 spiro atoms. The van der Waals surface area contributed by atoms with E-state index in [0.717, 1.165) is 0 Å². The molecule has 1 unspecified atom stereocenters. The zero-order valence-electron chi connectivity index (χ0n) is 11.1. The first-order chi connectivity index (χ1) is 9.95. The molecule has 0 amide bonds. The van der Waals surface area contributed by atoms with Crippen LogP contribution < -0.4 is 5.01 Å².